The average molecular weight is 243 g/mol. The van der Waals surface area contributed by atoms with Gasteiger partial charge in [-0.25, -0.2) is 4.98 Å². The number of thiocarbonyl (C=S) groups is 1. The number of nitrogens with two attached hydrogens (primary N) is 1. The number of rotatable bonds is 4. The first-order valence-corrected chi connectivity index (χ1v) is 5.71. The zero-order chi connectivity index (χ0) is 12.1. The van der Waals surface area contributed by atoms with Crippen molar-refractivity contribution < 1.29 is 0 Å². The van der Waals surface area contributed by atoms with Crippen LogP contribution < -0.4 is 11.1 Å². The van der Waals surface area contributed by atoms with Crippen molar-refractivity contribution in [3.8, 4) is 0 Å². The van der Waals surface area contributed by atoms with E-state index in [2.05, 4.69) is 22.4 Å². The van der Waals surface area contributed by atoms with Crippen LogP contribution in [0.1, 0.15) is 11.3 Å². The molecule has 17 heavy (non-hydrogen) atoms. The summed E-state index contributed by atoms with van der Waals surface area (Å²) >= 11 is 4.89. The predicted molar refractivity (Wildman–Crippen MR) is 73.9 cm³/mol. The van der Waals surface area contributed by atoms with Crippen molar-refractivity contribution in [2.75, 3.05) is 5.32 Å². The van der Waals surface area contributed by atoms with Crippen LogP contribution in [0.25, 0.3) is 0 Å². The number of nitrogens with one attached hydrogen (secondary N) is 1. The summed E-state index contributed by atoms with van der Waals surface area (Å²) in [5.41, 5.74) is 7.37. The van der Waals surface area contributed by atoms with Gasteiger partial charge in [-0.1, -0.05) is 48.6 Å². The summed E-state index contributed by atoms with van der Waals surface area (Å²) in [5.74, 6) is 0.777. The van der Waals surface area contributed by atoms with Gasteiger partial charge in [-0.15, -0.1) is 0 Å². The van der Waals surface area contributed by atoms with Crippen LogP contribution in [0.3, 0.4) is 0 Å². The van der Waals surface area contributed by atoms with E-state index < -0.39 is 0 Å². The Morgan fingerprint density at radius 2 is 1.88 bits per heavy atom. The van der Waals surface area contributed by atoms with Crippen LogP contribution in [0.4, 0.5) is 5.82 Å². The number of anilines is 1. The summed E-state index contributed by atoms with van der Waals surface area (Å²) in [6.45, 7) is 0.731. The molecular formula is C13H13N3S. The maximum Gasteiger partial charge on any atom is 0.127 e. The summed E-state index contributed by atoms with van der Waals surface area (Å²) in [6, 6.07) is 15.7. The lowest BCUT2D eigenvalue weighted by atomic mass is 10.2. The van der Waals surface area contributed by atoms with Gasteiger partial charge in [0.15, 0.2) is 0 Å². The molecule has 0 unspecified atom stereocenters. The van der Waals surface area contributed by atoms with Gasteiger partial charge < -0.3 is 11.1 Å². The number of pyridine rings is 1. The van der Waals surface area contributed by atoms with Gasteiger partial charge in [0, 0.05) is 6.54 Å². The Bertz CT molecular complexity index is 511. The predicted octanol–water partition coefficient (Wildman–Crippen LogP) is 2.33. The monoisotopic (exact) mass is 243 g/mol. The Labute approximate surface area is 106 Å². The van der Waals surface area contributed by atoms with Crippen molar-refractivity contribution in [3.63, 3.8) is 0 Å². The molecule has 0 radical (unpaired) electrons. The lowest BCUT2D eigenvalue weighted by Crippen LogP contribution is -2.12. The van der Waals surface area contributed by atoms with Gasteiger partial charge in [-0.05, 0) is 17.7 Å². The van der Waals surface area contributed by atoms with Crippen molar-refractivity contribution in [2.24, 2.45) is 5.73 Å². The van der Waals surface area contributed by atoms with Crippen LogP contribution in [-0.4, -0.2) is 9.97 Å². The largest absolute Gasteiger partial charge is 0.388 e. The maximum absolute atomic E-state index is 5.53. The number of nitrogens with zero attached hydrogens (tertiary/aromatic N) is 1. The summed E-state index contributed by atoms with van der Waals surface area (Å²) in [7, 11) is 0. The molecule has 1 heterocycles. The molecule has 0 bridgehead atoms. The van der Waals surface area contributed by atoms with Crippen molar-refractivity contribution >= 4 is 23.0 Å². The highest BCUT2D eigenvalue weighted by Gasteiger charge is 1.99. The molecule has 0 saturated heterocycles. The van der Waals surface area contributed by atoms with E-state index in [-0.39, 0.29) is 0 Å². The van der Waals surface area contributed by atoms with Crippen molar-refractivity contribution in [1.82, 2.24) is 4.98 Å². The minimum Gasteiger partial charge on any atom is -0.388 e. The van der Waals surface area contributed by atoms with Gasteiger partial charge >= 0.3 is 0 Å². The molecule has 1 aromatic heterocycles. The first-order valence-electron chi connectivity index (χ1n) is 5.30. The van der Waals surface area contributed by atoms with E-state index in [9.17, 15) is 0 Å². The zero-order valence-electron chi connectivity index (χ0n) is 9.26. The van der Waals surface area contributed by atoms with Crippen LogP contribution >= 0.6 is 12.2 Å². The highest BCUT2D eigenvalue weighted by atomic mass is 32.1. The molecule has 0 aliphatic carbocycles. The third kappa shape index (κ3) is 3.26. The summed E-state index contributed by atoms with van der Waals surface area (Å²) in [5, 5.41) is 3.23. The van der Waals surface area contributed by atoms with Gasteiger partial charge in [0.1, 0.15) is 10.8 Å². The topological polar surface area (TPSA) is 50.9 Å². The molecule has 0 saturated carbocycles. The molecule has 0 aliphatic rings. The lowest BCUT2D eigenvalue weighted by molar-refractivity contribution is 1.11. The summed E-state index contributed by atoms with van der Waals surface area (Å²) < 4.78 is 0. The molecule has 0 fully saturated rings. The lowest BCUT2D eigenvalue weighted by Gasteiger charge is -2.06. The van der Waals surface area contributed by atoms with Gasteiger partial charge in [0.25, 0.3) is 0 Å². The summed E-state index contributed by atoms with van der Waals surface area (Å²) in [4.78, 5) is 4.62. The van der Waals surface area contributed by atoms with Crippen molar-refractivity contribution in [1.29, 1.82) is 0 Å². The molecular weight excluding hydrogens is 230 g/mol. The van der Waals surface area contributed by atoms with Crippen LogP contribution in [0.5, 0.6) is 0 Å². The number of hydrogen-bond donors (Lipinski definition) is 2. The van der Waals surface area contributed by atoms with Gasteiger partial charge in [0.05, 0.1) is 5.69 Å². The smallest absolute Gasteiger partial charge is 0.127 e. The van der Waals surface area contributed by atoms with Gasteiger partial charge in [-0.2, -0.15) is 0 Å². The van der Waals surface area contributed by atoms with Crippen LogP contribution in [0.15, 0.2) is 48.5 Å². The van der Waals surface area contributed by atoms with E-state index in [0.717, 1.165) is 12.4 Å². The van der Waals surface area contributed by atoms with E-state index in [1.807, 2.05) is 30.3 Å². The molecule has 0 amide bonds. The van der Waals surface area contributed by atoms with Gasteiger partial charge in [0.2, 0.25) is 0 Å². The molecule has 4 heteroatoms. The quantitative estimate of drug-likeness (QED) is 0.809. The standard InChI is InChI=1S/C13H13N3S/c14-13(17)11-7-4-8-12(16-11)15-9-10-5-2-1-3-6-10/h1-8H,9H2,(H2,14,17)(H,15,16). The molecule has 0 spiro atoms. The number of benzene rings is 1. The minimum absolute atomic E-state index is 0.313. The fourth-order valence-corrected chi connectivity index (χ4v) is 1.57. The van der Waals surface area contributed by atoms with E-state index in [1.54, 1.807) is 6.07 Å². The molecule has 3 N–H and O–H groups in total. The third-order valence-corrected chi connectivity index (χ3v) is 2.53. The molecule has 0 atom stereocenters. The highest BCUT2D eigenvalue weighted by Crippen LogP contribution is 2.07. The third-order valence-electron chi connectivity index (χ3n) is 2.32. The second-order valence-electron chi connectivity index (χ2n) is 3.61. The Morgan fingerprint density at radius 1 is 1.12 bits per heavy atom. The normalized spacial score (nSPS) is 9.88. The van der Waals surface area contributed by atoms with E-state index in [0.29, 0.717) is 10.7 Å². The van der Waals surface area contributed by atoms with E-state index in [1.165, 1.54) is 5.56 Å². The van der Waals surface area contributed by atoms with Crippen molar-refractivity contribution in [2.45, 2.75) is 6.54 Å². The summed E-state index contributed by atoms with van der Waals surface area (Å²) in [6.07, 6.45) is 0. The Balaban J connectivity index is 2.04. The second-order valence-corrected chi connectivity index (χ2v) is 4.05. The molecule has 2 rings (SSSR count). The van der Waals surface area contributed by atoms with E-state index in [4.69, 9.17) is 18.0 Å². The Morgan fingerprint density at radius 3 is 2.59 bits per heavy atom. The molecule has 86 valence electrons. The van der Waals surface area contributed by atoms with E-state index >= 15 is 0 Å². The first kappa shape index (κ1) is 11.5. The molecule has 2 aromatic rings. The van der Waals surface area contributed by atoms with Crippen molar-refractivity contribution in [3.05, 3.63) is 59.8 Å². The Kier molecular flexibility index (Phi) is 3.67. The van der Waals surface area contributed by atoms with Crippen LogP contribution in [-0.2, 0) is 6.54 Å². The fourth-order valence-electron chi connectivity index (χ4n) is 1.46. The molecule has 0 aliphatic heterocycles. The number of hydrogen-bond acceptors (Lipinski definition) is 3. The second kappa shape index (κ2) is 5.41. The average Bonchev–Trinajstić information content (AvgIpc) is 2.38. The molecule has 1 aromatic carbocycles. The number of aromatic nitrogens is 1. The van der Waals surface area contributed by atoms with Crippen LogP contribution in [0, 0.1) is 0 Å². The van der Waals surface area contributed by atoms with Crippen LogP contribution in [0.2, 0.25) is 0 Å². The molecule has 3 nitrogen and oxygen atoms in total. The minimum atomic E-state index is 0.313. The highest BCUT2D eigenvalue weighted by molar-refractivity contribution is 7.80. The zero-order valence-corrected chi connectivity index (χ0v) is 10.1. The SMILES string of the molecule is NC(=S)c1cccc(NCc2ccccc2)n1. The first-order chi connectivity index (χ1) is 8.25. The Hall–Kier alpha value is -1.94. The fraction of sp³-hybridized carbons (Fsp3) is 0.0769. The maximum atomic E-state index is 5.53. The van der Waals surface area contributed by atoms with Gasteiger partial charge in [-0.3, -0.25) is 0 Å².